The molecule has 0 amide bonds. The fourth-order valence-electron chi connectivity index (χ4n) is 1.40. The number of aromatic nitrogens is 3. The van der Waals surface area contributed by atoms with Crippen LogP contribution in [0.2, 0.25) is 0 Å². The fraction of sp³-hybridized carbons (Fsp3) is 0.100. The van der Waals surface area contributed by atoms with Crippen LogP contribution in [0.4, 0.5) is 0 Å². The Hall–Kier alpha value is -2.55. The van der Waals surface area contributed by atoms with Crippen molar-refractivity contribution in [1.82, 2.24) is 14.8 Å². The van der Waals surface area contributed by atoms with Crippen LogP contribution < -0.4 is 11.4 Å². The summed E-state index contributed by atoms with van der Waals surface area (Å²) in [5.74, 6) is 0. The molecule has 0 fully saturated rings. The Labute approximate surface area is 89.8 Å². The molecule has 0 spiro atoms. The number of nitrogens with one attached hydrogen (secondary N) is 2. The first-order valence-corrected chi connectivity index (χ1v) is 4.58. The largest absolute Gasteiger partial charge is 0.348 e. The Kier molecular flexibility index (Phi) is 2.44. The molecule has 0 atom stereocenters. The number of nitrogens with zero attached hydrogens (tertiary/aromatic N) is 2. The Morgan fingerprint density at radius 3 is 2.19 bits per heavy atom. The van der Waals surface area contributed by atoms with Gasteiger partial charge in [-0.15, -0.1) is 0 Å². The zero-order chi connectivity index (χ0) is 11.5. The van der Waals surface area contributed by atoms with Crippen molar-refractivity contribution in [2.75, 3.05) is 0 Å². The van der Waals surface area contributed by atoms with Crippen molar-refractivity contribution in [2.45, 2.75) is 6.42 Å². The number of benzene rings is 1. The summed E-state index contributed by atoms with van der Waals surface area (Å²) in [6, 6.07) is 8.67. The number of rotatable bonds is 2. The van der Waals surface area contributed by atoms with Gasteiger partial charge in [0.05, 0.1) is 18.2 Å². The lowest BCUT2D eigenvalue weighted by atomic mass is 10.1. The second kappa shape index (κ2) is 3.90. The summed E-state index contributed by atoms with van der Waals surface area (Å²) in [6.45, 7) is 0. The summed E-state index contributed by atoms with van der Waals surface area (Å²) < 4.78 is 0.982. The van der Waals surface area contributed by atoms with Gasteiger partial charge < -0.3 is 0 Å². The molecule has 0 unspecified atom stereocenters. The highest BCUT2D eigenvalue weighted by Crippen LogP contribution is 2.06. The van der Waals surface area contributed by atoms with Crippen molar-refractivity contribution in [3.63, 3.8) is 0 Å². The van der Waals surface area contributed by atoms with Crippen molar-refractivity contribution in [3.05, 3.63) is 50.8 Å². The van der Waals surface area contributed by atoms with Crippen LogP contribution in [0.15, 0.2) is 33.9 Å². The van der Waals surface area contributed by atoms with Gasteiger partial charge in [-0.2, -0.15) is 5.26 Å². The highest BCUT2D eigenvalue weighted by Gasteiger charge is 2.04. The molecular formula is C10H8N4O2. The second-order valence-corrected chi connectivity index (χ2v) is 3.20. The lowest BCUT2D eigenvalue weighted by Gasteiger charge is -1.99. The Balaban J connectivity index is 2.47. The first-order valence-electron chi connectivity index (χ1n) is 4.58. The van der Waals surface area contributed by atoms with Gasteiger partial charge in [-0.1, -0.05) is 12.1 Å². The van der Waals surface area contributed by atoms with Crippen LogP contribution in [0.1, 0.15) is 5.56 Å². The van der Waals surface area contributed by atoms with Gasteiger partial charge in [0.1, 0.15) is 0 Å². The van der Waals surface area contributed by atoms with Crippen LogP contribution in [0.3, 0.4) is 0 Å². The number of aromatic amines is 2. The maximum atomic E-state index is 11.3. The third-order valence-electron chi connectivity index (χ3n) is 2.16. The molecule has 0 aliphatic carbocycles. The maximum absolute atomic E-state index is 11.3. The molecule has 0 aliphatic heterocycles. The van der Waals surface area contributed by atoms with E-state index in [1.54, 1.807) is 24.3 Å². The van der Waals surface area contributed by atoms with Crippen molar-refractivity contribution in [2.24, 2.45) is 0 Å². The number of hydrogen-bond donors (Lipinski definition) is 2. The molecule has 6 heteroatoms. The summed E-state index contributed by atoms with van der Waals surface area (Å²) in [5, 5.41) is 12.9. The summed E-state index contributed by atoms with van der Waals surface area (Å²) in [5.41, 5.74) is 0.275. The van der Waals surface area contributed by atoms with Crippen LogP contribution in [-0.2, 0) is 6.42 Å². The van der Waals surface area contributed by atoms with Crippen LogP contribution in [0.25, 0.3) is 5.69 Å². The molecular weight excluding hydrogens is 208 g/mol. The fourth-order valence-corrected chi connectivity index (χ4v) is 1.40. The molecule has 1 heterocycles. The average Bonchev–Trinajstić information content (AvgIpc) is 2.61. The van der Waals surface area contributed by atoms with Gasteiger partial charge in [0.15, 0.2) is 0 Å². The Morgan fingerprint density at radius 1 is 1.12 bits per heavy atom. The van der Waals surface area contributed by atoms with Crippen LogP contribution in [0, 0.1) is 11.3 Å². The Morgan fingerprint density at radius 2 is 1.69 bits per heavy atom. The van der Waals surface area contributed by atoms with Crippen molar-refractivity contribution < 1.29 is 0 Å². The molecule has 6 nitrogen and oxygen atoms in total. The minimum atomic E-state index is -0.516. The molecule has 2 rings (SSSR count). The van der Waals surface area contributed by atoms with E-state index in [2.05, 4.69) is 10.2 Å². The Bertz CT molecular complexity index is 611. The third-order valence-corrected chi connectivity index (χ3v) is 2.16. The van der Waals surface area contributed by atoms with E-state index in [0.717, 1.165) is 10.1 Å². The van der Waals surface area contributed by atoms with E-state index in [0.29, 0.717) is 12.1 Å². The summed E-state index contributed by atoms with van der Waals surface area (Å²) in [7, 11) is 0. The predicted molar refractivity (Wildman–Crippen MR) is 56.3 cm³/mol. The minimum absolute atomic E-state index is 0.304. The third kappa shape index (κ3) is 1.66. The zero-order valence-corrected chi connectivity index (χ0v) is 8.23. The molecule has 2 aromatic rings. The zero-order valence-electron chi connectivity index (χ0n) is 8.23. The van der Waals surface area contributed by atoms with Crippen LogP contribution >= 0.6 is 0 Å². The summed E-state index contributed by atoms with van der Waals surface area (Å²) in [6.07, 6.45) is 0.304. The number of nitriles is 1. The van der Waals surface area contributed by atoms with Crippen molar-refractivity contribution in [3.8, 4) is 11.8 Å². The van der Waals surface area contributed by atoms with E-state index >= 15 is 0 Å². The maximum Gasteiger partial charge on any atom is 0.348 e. The molecule has 2 N–H and O–H groups in total. The number of H-pyrrole nitrogens is 2. The first-order chi connectivity index (χ1) is 7.72. The van der Waals surface area contributed by atoms with Gasteiger partial charge in [-0.05, 0) is 17.7 Å². The smallest absolute Gasteiger partial charge is 0.247 e. The van der Waals surface area contributed by atoms with E-state index < -0.39 is 11.4 Å². The quantitative estimate of drug-likeness (QED) is 0.735. The normalized spacial score (nSPS) is 9.94. The molecule has 0 aliphatic rings. The molecule has 1 aromatic carbocycles. The van der Waals surface area contributed by atoms with Crippen molar-refractivity contribution in [1.29, 1.82) is 5.26 Å². The second-order valence-electron chi connectivity index (χ2n) is 3.20. The monoisotopic (exact) mass is 216 g/mol. The van der Waals surface area contributed by atoms with Gasteiger partial charge >= 0.3 is 11.4 Å². The molecule has 16 heavy (non-hydrogen) atoms. The molecule has 0 radical (unpaired) electrons. The van der Waals surface area contributed by atoms with Gasteiger partial charge in [0.2, 0.25) is 0 Å². The summed E-state index contributed by atoms with van der Waals surface area (Å²) in [4.78, 5) is 22.5. The lowest BCUT2D eigenvalue weighted by Crippen LogP contribution is -2.24. The highest BCUT2D eigenvalue weighted by molar-refractivity contribution is 5.34. The van der Waals surface area contributed by atoms with Gasteiger partial charge in [0.25, 0.3) is 0 Å². The van der Waals surface area contributed by atoms with E-state index in [1.807, 2.05) is 6.07 Å². The molecule has 0 bridgehead atoms. The van der Waals surface area contributed by atoms with E-state index in [1.165, 1.54) is 0 Å². The first kappa shape index (κ1) is 9.98. The van der Waals surface area contributed by atoms with Crippen LogP contribution in [-0.4, -0.2) is 14.8 Å². The van der Waals surface area contributed by atoms with E-state index in [-0.39, 0.29) is 0 Å². The number of hydrogen-bond acceptors (Lipinski definition) is 3. The standard InChI is InChI=1S/C10H8N4O2/c11-6-5-7-1-3-8(4-2-7)14-9(15)12-13-10(14)16/h1-4H,5H2,(H,12,15)(H,13,16). The van der Waals surface area contributed by atoms with Crippen molar-refractivity contribution >= 4 is 0 Å². The highest BCUT2D eigenvalue weighted by atomic mass is 16.2. The van der Waals surface area contributed by atoms with Gasteiger partial charge in [-0.25, -0.2) is 24.4 Å². The molecule has 80 valence electrons. The van der Waals surface area contributed by atoms with Crippen LogP contribution in [0.5, 0.6) is 0 Å². The molecule has 0 saturated carbocycles. The minimum Gasteiger partial charge on any atom is -0.247 e. The predicted octanol–water partition coefficient (Wildman–Crippen LogP) is -0.0800. The molecule has 1 aromatic heterocycles. The van der Waals surface area contributed by atoms with Gasteiger partial charge in [0, 0.05) is 0 Å². The lowest BCUT2D eigenvalue weighted by molar-refractivity contribution is 0.950. The van der Waals surface area contributed by atoms with Gasteiger partial charge in [-0.3, -0.25) is 0 Å². The SMILES string of the molecule is N#CCc1ccc(-n2c(=O)[nH][nH]c2=O)cc1. The van der Waals surface area contributed by atoms with E-state index in [4.69, 9.17) is 5.26 Å². The summed E-state index contributed by atoms with van der Waals surface area (Å²) >= 11 is 0. The average molecular weight is 216 g/mol. The molecule has 0 saturated heterocycles. The topological polar surface area (TPSA) is 94.4 Å². The van der Waals surface area contributed by atoms with E-state index in [9.17, 15) is 9.59 Å².